The predicted molar refractivity (Wildman–Crippen MR) is 280 cm³/mol. The standard InChI is InChI=1S/C51H61FN10O19/c1-27-9-14-31(52)35(26-27)57-49(79)54-29-12-10-28(11-13-29)30-6-5-7-32-43(30)44(62-61-32)58-37(64)8-3-2-4-25-53-36(63)19-20-38(65)55-33(45(71)72)15-17-40(67)59-50(80,47(75)76)23-21-39(66)56-34(46(73)74)16-18-41(68)60-51(81,48(77)78)24-22-42(69)70/h5-7,9-14,26,33-34,80-81H,2-4,8,15-25H2,1H3,(H,53,63)(H,55,65)(H,56,66)(H,59,67)(H,60,68)(H,69,70)(H,71,72)(H,73,74)(H,75,76)(H,77,78)(H2,54,57,79)(H2,58,61,62,64)/t33-,34-,50?,51?/m0/s1. The van der Waals surface area contributed by atoms with Gasteiger partial charge in [-0.3, -0.25) is 38.7 Å². The molecule has 0 aliphatic rings. The van der Waals surface area contributed by atoms with Gasteiger partial charge in [-0.15, -0.1) is 0 Å². The molecule has 1 heterocycles. The maximum Gasteiger partial charge on any atom is 0.357 e. The van der Waals surface area contributed by atoms with E-state index < -0.39 is 153 Å². The number of fused-ring (bicyclic) bond motifs is 1. The van der Waals surface area contributed by atoms with Gasteiger partial charge in [0.2, 0.25) is 46.9 Å². The van der Waals surface area contributed by atoms with Gasteiger partial charge in [-0.05, 0) is 79.6 Å². The first-order valence-electron chi connectivity index (χ1n) is 25.0. The molecule has 0 fully saturated rings. The van der Waals surface area contributed by atoms with Crippen molar-refractivity contribution in [3.8, 4) is 11.1 Å². The van der Waals surface area contributed by atoms with Gasteiger partial charge in [0.15, 0.2) is 5.82 Å². The molecule has 0 aliphatic carbocycles. The van der Waals surface area contributed by atoms with Crippen molar-refractivity contribution in [1.29, 1.82) is 0 Å². The highest BCUT2D eigenvalue weighted by Gasteiger charge is 2.40. The second-order valence-electron chi connectivity index (χ2n) is 18.5. The van der Waals surface area contributed by atoms with E-state index in [-0.39, 0.29) is 31.0 Å². The minimum Gasteiger partial charge on any atom is -0.481 e. The Morgan fingerprint density at radius 3 is 1.73 bits per heavy atom. The van der Waals surface area contributed by atoms with E-state index >= 15 is 0 Å². The Bertz CT molecular complexity index is 3010. The van der Waals surface area contributed by atoms with Crippen molar-refractivity contribution in [3.05, 3.63) is 72.0 Å². The zero-order valence-electron chi connectivity index (χ0n) is 43.4. The first kappa shape index (κ1) is 63.9. The molecule has 0 bridgehead atoms. The van der Waals surface area contributed by atoms with E-state index in [4.69, 9.17) is 5.11 Å². The lowest BCUT2D eigenvalue weighted by molar-refractivity contribution is -0.167. The summed E-state index contributed by atoms with van der Waals surface area (Å²) in [6.45, 7) is 1.96. The summed E-state index contributed by atoms with van der Waals surface area (Å²) in [5, 5.41) is 93.4. The van der Waals surface area contributed by atoms with Gasteiger partial charge < -0.3 is 78.3 Å². The lowest BCUT2D eigenvalue weighted by Gasteiger charge is -2.25. The fourth-order valence-corrected chi connectivity index (χ4v) is 7.69. The molecule has 0 spiro atoms. The number of aliphatic hydroxyl groups is 2. The summed E-state index contributed by atoms with van der Waals surface area (Å²) >= 11 is 0. The van der Waals surface area contributed by atoms with Crippen LogP contribution in [0.15, 0.2) is 60.7 Å². The summed E-state index contributed by atoms with van der Waals surface area (Å²) in [5.41, 5.74) is -2.79. The molecule has 0 saturated heterocycles. The quantitative estimate of drug-likeness (QED) is 0.0239. The van der Waals surface area contributed by atoms with Gasteiger partial charge in [0.1, 0.15) is 17.9 Å². The van der Waals surface area contributed by atoms with Crippen LogP contribution >= 0.6 is 0 Å². The van der Waals surface area contributed by atoms with Gasteiger partial charge in [0.25, 0.3) is 0 Å². The van der Waals surface area contributed by atoms with Gasteiger partial charge >= 0.3 is 35.9 Å². The molecule has 81 heavy (non-hydrogen) atoms. The van der Waals surface area contributed by atoms with Crippen molar-refractivity contribution in [2.24, 2.45) is 0 Å². The number of aryl methyl sites for hydroxylation is 1. The molecule has 1 aromatic heterocycles. The van der Waals surface area contributed by atoms with Crippen LogP contribution in [-0.2, 0) is 52.7 Å². The maximum atomic E-state index is 14.1. The number of aromatic amines is 1. The summed E-state index contributed by atoms with van der Waals surface area (Å²) in [5.74, 6) is -14.7. The van der Waals surface area contributed by atoms with E-state index in [1.165, 1.54) is 12.1 Å². The number of hydrogen-bond acceptors (Lipinski definition) is 15. The normalized spacial score (nSPS) is 13.1. The molecule has 436 valence electrons. The largest absolute Gasteiger partial charge is 0.481 e. The number of nitrogens with zero attached hydrogens (tertiary/aromatic N) is 1. The summed E-state index contributed by atoms with van der Waals surface area (Å²) < 4.78 is 14.1. The van der Waals surface area contributed by atoms with Crippen molar-refractivity contribution < 1.29 is 97.7 Å². The monoisotopic (exact) mass is 1140 g/mol. The molecule has 0 aliphatic heterocycles. The van der Waals surface area contributed by atoms with Crippen LogP contribution < -0.4 is 42.5 Å². The Morgan fingerprint density at radius 2 is 1.16 bits per heavy atom. The minimum absolute atomic E-state index is 0.0363. The number of carboxylic acids is 5. The van der Waals surface area contributed by atoms with Gasteiger partial charge in [0.05, 0.1) is 23.0 Å². The zero-order chi connectivity index (χ0) is 60.0. The number of hydrogen-bond donors (Lipinski definition) is 16. The topological polar surface area (TPSA) is 471 Å². The molecule has 2 unspecified atom stereocenters. The number of carbonyl (C=O) groups excluding carboxylic acids is 7. The Balaban J connectivity index is 1.14. The van der Waals surface area contributed by atoms with Crippen LogP contribution in [0.25, 0.3) is 22.0 Å². The van der Waals surface area contributed by atoms with Crippen molar-refractivity contribution in [2.45, 2.75) is 120 Å². The highest BCUT2D eigenvalue weighted by molar-refractivity contribution is 6.07. The molecule has 8 amide bonds. The van der Waals surface area contributed by atoms with Crippen LogP contribution in [0.3, 0.4) is 0 Å². The molecule has 30 heteroatoms. The van der Waals surface area contributed by atoms with Gasteiger partial charge in [0, 0.05) is 63.6 Å². The molecule has 29 nitrogen and oxygen atoms in total. The number of aromatic nitrogens is 2. The van der Waals surface area contributed by atoms with Crippen LogP contribution in [0.5, 0.6) is 0 Å². The SMILES string of the molecule is Cc1ccc(F)c(NC(=O)Nc2ccc(-c3cccc4[nH]nc(NC(=O)CCCCCNC(=O)CCC(=O)N[C@@H](CCC(=O)NC(O)(CCC(=O)N[C@@H](CCC(=O)NC(O)(CCC(=O)O)C(=O)O)C(=O)O)C(=O)O)C(=O)O)c34)cc2)c1. The molecule has 4 rings (SSSR count). The maximum absolute atomic E-state index is 14.1. The highest BCUT2D eigenvalue weighted by Crippen LogP contribution is 2.33. The number of amides is 8. The second kappa shape index (κ2) is 30.0. The van der Waals surface area contributed by atoms with Crippen LogP contribution in [0.2, 0.25) is 0 Å². The lowest BCUT2D eigenvalue weighted by atomic mass is 10.0. The number of H-pyrrole nitrogens is 1. The zero-order valence-corrected chi connectivity index (χ0v) is 43.4. The second-order valence-corrected chi connectivity index (χ2v) is 18.5. The van der Waals surface area contributed by atoms with Crippen LogP contribution in [0.4, 0.5) is 26.4 Å². The van der Waals surface area contributed by atoms with E-state index in [1.54, 1.807) is 54.0 Å². The van der Waals surface area contributed by atoms with E-state index in [2.05, 4.69) is 36.8 Å². The predicted octanol–water partition coefficient (Wildman–Crippen LogP) is 1.84. The van der Waals surface area contributed by atoms with Gasteiger partial charge in [-0.2, -0.15) is 5.10 Å². The smallest absolute Gasteiger partial charge is 0.357 e. The number of carbonyl (C=O) groups is 12. The van der Waals surface area contributed by atoms with Gasteiger partial charge in [-0.1, -0.05) is 36.8 Å². The minimum atomic E-state index is -3.16. The Kier molecular flexibility index (Phi) is 23.7. The van der Waals surface area contributed by atoms with Crippen LogP contribution in [0, 0.1) is 12.7 Å². The molecule has 0 radical (unpaired) electrons. The number of aliphatic carboxylic acids is 5. The summed E-state index contributed by atoms with van der Waals surface area (Å²) in [6.07, 6.45) is -6.09. The first-order valence-corrected chi connectivity index (χ1v) is 25.0. The highest BCUT2D eigenvalue weighted by atomic mass is 19.1. The number of nitrogens with one attached hydrogen (secondary N) is 9. The number of benzene rings is 3. The van der Waals surface area contributed by atoms with Crippen molar-refractivity contribution in [1.82, 2.24) is 36.8 Å². The van der Waals surface area contributed by atoms with E-state index in [9.17, 15) is 92.6 Å². The lowest BCUT2D eigenvalue weighted by Crippen LogP contribution is -2.55. The van der Waals surface area contributed by atoms with Crippen LogP contribution in [0.1, 0.15) is 95.5 Å². The number of carboxylic acid groups (broad SMARTS) is 5. The summed E-state index contributed by atoms with van der Waals surface area (Å²) in [7, 11) is 0. The van der Waals surface area contributed by atoms with E-state index in [0.717, 1.165) is 16.7 Å². The third-order valence-electron chi connectivity index (χ3n) is 12.1. The number of rotatable bonds is 33. The molecular weight excluding hydrogens is 1080 g/mol. The molecule has 3 aromatic carbocycles. The summed E-state index contributed by atoms with van der Waals surface area (Å²) in [6, 6.07) is 12.5. The number of halogens is 1. The number of anilines is 3. The molecule has 16 N–H and O–H groups in total. The third kappa shape index (κ3) is 20.6. The van der Waals surface area contributed by atoms with E-state index in [1.807, 2.05) is 17.4 Å². The van der Waals surface area contributed by atoms with Crippen LogP contribution in [-0.4, -0.2) is 147 Å². The number of unbranched alkanes of at least 4 members (excludes halogenated alkanes) is 2. The first-order chi connectivity index (χ1) is 38.2. The molecule has 4 atom stereocenters. The van der Waals surface area contributed by atoms with Crippen molar-refractivity contribution in [3.63, 3.8) is 0 Å². The molecule has 4 aromatic rings. The Labute approximate surface area is 458 Å². The average molecular weight is 1140 g/mol. The fourth-order valence-electron chi connectivity index (χ4n) is 7.69. The van der Waals surface area contributed by atoms with Crippen molar-refractivity contribution in [2.75, 3.05) is 22.5 Å². The van der Waals surface area contributed by atoms with E-state index in [0.29, 0.717) is 41.7 Å². The molecule has 0 saturated carbocycles. The third-order valence-corrected chi connectivity index (χ3v) is 12.1. The average Bonchev–Trinajstić information content (AvgIpc) is 3.89. The Morgan fingerprint density at radius 1 is 0.593 bits per heavy atom. The van der Waals surface area contributed by atoms with Crippen molar-refractivity contribution >= 4 is 99.4 Å². The Hall–Kier alpha value is -9.58. The summed E-state index contributed by atoms with van der Waals surface area (Å²) in [4.78, 5) is 146. The molecular formula is C51H61FN10O19. The fraction of sp³-hybridized carbons (Fsp3) is 0.392. The number of urea groups is 1. The van der Waals surface area contributed by atoms with Gasteiger partial charge in [-0.25, -0.2) is 28.4 Å².